The summed E-state index contributed by atoms with van der Waals surface area (Å²) in [5, 5.41) is 2.90. The number of likely N-dealkylation sites (N-methyl/N-ethyl adjacent to an activating group) is 1. The zero-order valence-electron chi connectivity index (χ0n) is 18.4. The third-order valence-electron chi connectivity index (χ3n) is 6.10. The molecule has 1 unspecified atom stereocenters. The van der Waals surface area contributed by atoms with E-state index in [9.17, 15) is 9.59 Å². The topological polar surface area (TPSA) is 68.8 Å². The van der Waals surface area contributed by atoms with Crippen LogP contribution in [0, 0.1) is 0 Å². The van der Waals surface area contributed by atoms with Crippen LogP contribution in [0.15, 0.2) is 42.6 Å². The predicted octanol–water partition coefficient (Wildman–Crippen LogP) is 3.51. The standard InChI is InChI=1S/C24H31N5O2/c1-3-14-27(2)16-18-9-6-7-15-28(18)17-22(30)29-21-12-5-4-10-19(21)24(31)26-20-11-8-13-25-23(20)29/h4-5,8,10-13,18H,3,6-7,9,14-17H2,1-2H3,(H,26,31). The fraction of sp³-hybridized carbons (Fsp3) is 0.458. The molecule has 4 rings (SSSR count). The first kappa shape index (κ1) is 21.5. The Morgan fingerprint density at radius 2 is 2.06 bits per heavy atom. The highest BCUT2D eigenvalue weighted by Gasteiger charge is 2.33. The number of nitrogens with zero attached hydrogens (tertiary/aromatic N) is 4. The highest BCUT2D eigenvalue weighted by atomic mass is 16.2. The molecule has 1 aromatic heterocycles. The highest BCUT2D eigenvalue weighted by Crippen LogP contribution is 2.36. The molecule has 1 saturated heterocycles. The maximum Gasteiger partial charge on any atom is 0.257 e. The molecule has 0 saturated carbocycles. The summed E-state index contributed by atoms with van der Waals surface area (Å²) in [6.07, 6.45) is 6.18. The zero-order chi connectivity index (χ0) is 21.8. The van der Waals surface area contributed by atoms with Crippen LogP contribution in [0.4, 0.5) is 17.2 Å². The average Bonchev–Trinajstić information content (AvgIpc) is 2.89. The van der Waals surface area contributed by atoms with Gasteiger partial charge in [0.15, 0.2) is 5.82 Å². The smallest absolute Gasteiger partial charge is 0.257 e. The fourth-order valence-electron chi connectivity index (χ4n) is 4.64. The van der Waals surface area contributed by atoms with E-state index in [0.29, 0.717) is 35.3 Å². The fourth-order valence-corrected chi connectivity index (χ4v) is 4.64. The van der Waals surface area contributed by atoms with Crippen molar-refractivity contribution in [3.63, 3.8) is 0 Å². The van der Waals surface area contributed by atoms with E-state index in [2.05, 4.69) is 34.1 Å². The molecular formula is C24H31N5O2. The predicted molar refractivity (Wildman–Crippen MR) is 123 cm³/mol. The number of carbonyl (C=O) groups excluding carboxylic acids is 2. The summed E-state index contributed by atoms with van der Waals surface area (Å²) < 4.78 is 0. The maximum absolute atomic E-state index is 13.7. The van der Waals surface area contributed by atoms with Crippen molar-refractivity contribution in [1.82, 2.24) is 14.8 Å². The van der Waals surface area contributed by atoms with Crippen molar-refractivity contribution in [3.8, 4) is 0 Å². The van der Waals surface area contributed by atoms with E-state index in [1.54, 1.807) is 29.3 Å². The van der Waals surface area contributed by atoms with Crippen LogP contribution in [-0.2, 0) is 4.79 Å². The Morgan fingerprint density at radius 3 is 2.90 bits per heavy atom. The molecular weight excluding hydrogens is 390 g/mol. The third-order valence-corrected chi connectivity index (χ3v) is 6.10. The minimum atomic E-state index is -0.225. The molecule has 164 valence electrons. The van der Waals surface area contributed by atoms with Crippen molar-refractivity contribution in [2.45, 2.75) is 38.6 Å². The van der Waals surface area contributed by atoms with E-state index in [1.165, 1.54) is 6.42 Å². The maximum atomic E-state index is 13.7. The Balaban J connectivity index is 1.63. The van der Waals surface area contributed by atoms with Crippen molar-refractivity contribution in [2.75, 3.05) is 43.4 Å². The molecule has 1 atom stereocenters. The normalized spacial score (nSPS) is 18.9. The van der Waals surface area contributed by atoms with Crippen LogP contribution in [0.25, 0.3) is 0 Å². The number of aromatic nitrogens is 1. The molecule has 0 radical (unpaired) electrons. The molecule has 2 amide bonds. The average molecular weight is 422 g/mol. The van der Waals surface area contributed by atoms with Gasteiger partial charge >= 0.3 is 0 Å². The summed E-state index contributed by atoms with van der Waals surface area (Å²) >= 11 is 0. The minimum absolute atomic E-state index is 0.0612. The number of pyridine rings is 1. The Hall–Kier alpha value is -2.77. The Labute approximate surface area is 184 Å². The lowest BCUT2D eigenvalue weighted by atomic mass is 10.0. The van der Waals surface area contributed by atoms with Crippen LogP contribution in [0.5, 0.6) is 0 Å². The van der Waals surface area contributed by atoms with Crippen LogP contribution < -0.4 is 10.2 Å². The highest BCUT2D eigenvalue weighted by molar-refractivity contribution is 6.17. The van der Waals surface area contributed by atoms with Gasteiger partial charge in [-0.2, -0.15) is 0 Å². The van der Waals surface area contributed by atoms with Crippen LogP contribution in [0.2, 0.25) is 0 Å². The van der Waals surface area contributed by atoms with Gasteiger partial charge in [-0.25, -0.2) is 4.98 Å². The summed E-state index contributed by atoms with van der Waals surface area (Å²) in [4.78, 5) is 37.2. The summed E-state index contributed by atoms with van der Waals surface area (Å²) in [7, 11) is 2.15. The first-order valence-electron chi connectivity index (χ1n) is 11.2. The Morgan fingerprint density at radius 1 is 1.23 bits per heavy atom. The van der Waals surface area contributed by atoms with Gasteiger partial charge in [0.2, 0.25) is 5.91 Å². The van der Waals surface area contributed by atoms with Crippen molar-refractivity contribution in [1.29, 1.82) is 0 Å². The molecule has 3 heterocycles. The molecule has 2 aromatic rings. The number of hydrogen-bond donors (Lipinski definition) is 1. The van der Waals surface area contributed by atoms with Crippen molar-refractivity contribution >= 4 is 29.0 Å². The number of amides is 2. The van der Waals surface area contributed by atoms with Crippen LogP contribution >= 0.6 is 0 Å². The van der Waals surface area contributed by atoms with Gasteiger partial charge in [-0.15, -0.1) is 0 Å². The van der Waals surface area contributed by atoms with Crippen molar-refractivity contribution in [2.24, 2.45) is 0 Å². The Bertz CT molecular complexity index is 947. The summed E-state index contributed by atoms with van der Waals surface area (Å²) in [6.45, 7) is 5.44. The number of piperidine rings is 1. The van der Waals surface area contributed by atoms with Gasteiger partial charge < -0.3 is 10.2 Å². The number of para-hydroxylation sites is 1. The lowest BCUT2D eigenvalue weighted by molar-refractivity contribution is -0.120. The van der Waals surface area contributed by atoms with Crippen LogP contribution in [0.1, 0.15) is 43.0 Å². The molecule has 0 spiro atoms. The molecule has 7 heteroatoms. The molecule has 1 N–H and O–H groups in total. The van der Waals surface area contributed by atoms with E-state index in [1.807, 2.05) is 18.2 Å². The van der Waals surface area contributed by atoms with E-state index in [4.69, 9.17) is 0 Å². The van der Waals surface area contributed by atoms with Gasteiger partial charge in [0, 0.05) is 18.8 Å². The quantitative estimate of drug-likeness (QED) is 0.773. The number of benzene rings is 1. The largest absolute Gasteiger partial charge is 0.319 e. The molecule has 0 aliphatic carbocycles. The SMILES string of the molecule is CCCN(C)CC1CCCCN1CC(=O)N1c2ccccc2C(=O)Nc2cccnc21. The molecule has 1 aromatic carbocycles. The van der Waals surface area contributed by atoms with Gasteiger partial charge in [0.25, 0.3) is 5.91 Å². The zero-order valence-corrected chi connectivity index (χ0v) is 18.4. The van der Waals surface area contributed by atoms with Gasteiger partial charge in [0.05, 0.1) is 23.5 Å². The monoisotopic (exact) mass is 421 g/mol. The van der Waals surface area contributed by atoms with Gasteiger partial charge in [-0.3, -0.25) is 19.4 Å². The number of anilines is 3. The molecule has 2 aliphatic heterocycles. The van der Waals surface area contributed by atoms with E-state index in [-0.39, 0.29) is 11.8 Å². The van der Waals surface area contributed by atoms with Crippen LogP contribution in [-0.4, -0.2) is 65.9 Å². The number of carbonyl (C=O) groups is 2. The van der Waals surface area contributed by atoms with E-state index >= 15 is 0 Å². The second-order valence-electron chi connectivity index (χ2n) is 8.46. The summed E-state index contributed by atoms with van der Waals surface area (Å²) in [5.74, 6) is 0.189. The van der Waals surface area contributed by atoms with Gasteiger partial charge in [-0.05, 0) is 63.7 Å². The Kier molecular flexibility index (Phi) is 6.63. The van der Waals surface area contributed by atoms with Gasteiger partial charge in [-0.1, -0.05) is 25.5 Å². The van der Waals surface area contributed by atoms with E-state index in [0.717, 1.165) is 38.9 Å². The number of fused-ring (bicyclic) bond motifs is 2. The van der Waals surface area contributed by atoms with E-state index < -0.39 is 0 Å². The minimum Gasteiger partial charge on any atom is -0.319 e. The molecule has 1 fully saturated rings. The second kappa shape index (κ2) is 9.58. The van der Waals surface area contributed by atoms with Crippen LogP contribution in [0.3, 0.4) is 0 Å². The lowest BCUT2D eigenvalue weighted by Gasteiger charge is -2.38. The first-order valence-corrected chi connectivity index (χ1v) is 11.2. The molecule has 2 aliphatic rings. The molecule has 7 nitrogen and oxygen atoms in total. The summed E-state index contributed by atoms with van der Waals surface area (Å²) in [6, 6.07) is 11.1. The van der Waals surface area contributed by atoms with Crippen molar-refractivity contribution < 1.29 is 9.59 Å². The third kappa shape index (κ3) is 4.62. The number of rotatable bonds is 6. The number of nitrogens with one attached hydrogen (secondary N) is 1. The molecule has 0 bridgehead atoms. The van der Waals surface area contributed by atoms with Crippen molar-refractivity contribution in [3.05, 3.63) is 48.2 Å². The number of hydrogen-bond acceptors (Lipinski definition) is 5. The molecule has 31 heavy (non-hydrogen) atoms. The van der Waals surface area contributed by atoms with Gasteiger partial charge in [0.1, 0.15) is 0 Å². The number of likely N-dealkylation sites (tertiary alicyclic amines) is 1. The second-order valence-corrected chi connectivity index (χ2v) is 8.46. The summed E-state index contributed by atoms with van der Waals surface area (Å²) in [5.41, 5.74) is 1.61. The lowest BCUT2D eigenvalue weighted by Crippen LogP contribution is -2.50. The first-order chi connectivity index (χ1) is 15.1.